The molecule has 5 nitrogen and oxygen atoms in total. The molecule has 4 rings (SSSR count). The van der Waals surface area contributed by atoms with Gasteiger partial charge in [0.25, 0.3) is 0 Å². The lowest BCUT2D eigenvalue weighted by atomic mass is 10.1. The fourth-order valence-electron chi connectivity index (χ4n) is 3.01. The van der Waals surface area contributed by atoms with E-state index in [1.54, 1.807) is 12.3 Å². The highest BCUT2D eigenvalue weighted by Crippen LogP contribution is 2.27. The topological polar surface area (TPSA) is 66.5 Å². The van der Waals surface area contributed by atoms with Gasteiger partial charge < -0.3 is 5.32 Å². The van der Waals surface area contributed by atoms with Crippen molar-refractivity contribution in [1.29, 1.82) is 5.26 Å². The SMILES string of the molecule is CC(Nc1cc(C#N)nc2ccccc12)c1ccc(-n2cccn2)cc1. The number of para-hydroxylation sites is 1. The Morgan fingerprint density at radius 2 is 1.88 bits per heavy atom. The Kier molecular flexibility index (Phi) is 4.08. The van der Waals surface area contributed by atoms with E-state index in [9.17, 15) is 5.26 Å². The van der Waals surface area contributed by atoms with Crippen LogP contribution in [0, 0.1) is 11.3 Å². The largest absolute Gasteiger partial charge is 0.378 e. The number of hydrogen-bond donors (Lipinski definition) is 1. The van der Waals surface area contributed by atoms with E-state index >= 15 is 0 Å². The zero-order chi connectivity index (χ0) is 17.9. The highest BCUT2D eigenvalue weighted by Gasteiger charge is 2.10. The van der Waals surface area contributed by atoms with Crippen LogP contribution in [0.15, 0.2) is 73.1 Å². The molecule has 0 aliphatic heterocycles. The predicted octanol–water partition coefficient (Wildman–Crippen LogP) is 4.47. The maximum atomic E-state index is 9.25. The Balaban J connectivity index is 1.63. The molecular formula is C21H17N5. The van der Waals surface area contributed by atoms with Crippen LogP contribution < -0.4 is 5.32 Å². The van der Waals surface area contributed by atoms with Gasteiger partial charge in [-0.05, 0) is 42.8 Å². The highest BCUT2D eigenvalue weighted by molar-refractivity contribution is 5.91. The van der Waals surface area contributed by atoms with Gasteiger partial charge in [0.2, 0.25) is 0 Å². The second-order valence-corrected chi connectivity index (χ2v) is 6.09. The van der Waals surface area contributed by atoms with Crippen molar-refractivity contribution in [2.24, 2.45) is 0 Å². The summed E-state index contributed by atoms with van der Waals surface area (Å²) in [6.07, 6.45) is 3.68. The van der Waals surface area contributed by atoms with Gasteiger partial charge in [0.15, 0.2) is 0 Å². The van der Waals surface area contributed by atoms with E-state index in [1.807, 2.05) is 53.3 Å². The Bertz CT molecular complexity index is 1080. The number of rotatable bonds is 4. The van der Waals surface area contributed by atoms with Crippen LogP contribution in [0.25, 0.3) is 16.6 Å². The zero-order valence-corrected chi connectivity index (χ0v) is 14.3. The molecule has 0 aliphatic rings. The number of nitrogens with one attached hydrogen (secondary N) is 1. The number of nitriles is 1. The van der Waals surface area contributed by atoms with Gasteiger partial charge in [-0.1, -0.05) is 30.3 Å². The molecule has 0 fully saturated rings. The first-order valence-electron chi connectivity index (χ1n) is 8.41. The van der Waals surface area contributed by atoms with Crippen molar-refractivity contribution in [2.45, 2.75) is 13.0 Å². The Morgan fingerprint density at radius 1 is 1.08 bits per heavy atom. The summed E-state index contributed by atoms with van der Waals surface area (Å²) in [5, 5.41) is 18.0. The van der Waals surface area contributed by atoms with Crippen LogP contribution in [0.2, 0.25) is 0 Å². The summed E-state index contributed by atoms with van der Waals surface area (Å²) in [7, 11) is 0. The first kappa shape index (κ1) is 15.9. The van der Waals surface area contributed by atoms with Gasteiger partial charge in [-0.3, -0.25) is 0 Å². The number of aromatic nitrogens is 3. The summed E-state index contributed by atoms with van der Waals surface area (Å²) < 4.78 is 1.83. The molecule has 2 aromatic heterocycles. The molecule has 0 saturated carbocycles. The molecule has 1 atom stereocenters. The third-order valence-electron chi connectivity index (χ3n) is 4.36. The van der Waals surface area contributed by atoms with Gasteiger partial charge >= 0.3 is 0 Å². The van der Waals surface area contributed by atoms with Crippen molar-refractivity contribution >= 4 is 16.6 Å². The van der Waals surface area contributed by atoms with Crippen molar-refractivity contribution in [1.82, 2.24) is 14.8 Å². The Labute approximate surface area is 151 Å². The molecule has 2 aromatic carbocycles. The van der Waals surface area contributed by atoms with Gasteiger partial charge in [-0.25, -0.2) is 9.67 Å². The minimum absolute atomic E-state index is 0.0824. The quantitative estimate of drug-likeness (QED) is 0.596. The lowest BCUT2D eigenvalue weighted by molar-refractivity contribution is 0.864. The first-order chi connectivity index (χ1) is 12.7. The molecule has 0 aliphatic carbocycles. The lowest BCUT2D eigenvalue weighted by Gasteiger charge is -2.18. The number of pyridine rings is 1. The molecule has 0 saturated heterocycles. The summed E-state index contributed by atoms with van der Waals surface area (Å²) in [5.74, 6) is 0. The van der Waals surface area contributed by atoms with E-state index in [2.05, 4.69) is 40.5 Å². The van der Waals surface area contributed by atoms with Crippen molar-refractivity contribution in [3.05, 3.63) is 84.3 Å². The van der Waals surface area contributed by atoms with E-state index in [1.165, 1.54) is 0 Å². The zero-order valence-electron chi connectivity index (χ0n) is 14.3. The number of fused-ring (bicyclic) bond motifs is 1. The lowest BCUT2D eigenvalue weighted by Crippen LogP contribution is -2.08. The van der Waals surface area contributed by atoms with Gasteiger partial charge in [-0.2, -0.15) is 10.4 Å². The molecule has 1 unspecified atom stereocenters. The van der Waals surface area contributed by atoms with Crippen molar-refractivity contribution in [3.8, 4) is 11.8 Å². The van der Waals surface area contributed by atoms with E-state index in [0.717, 1.165) is 27.8 Å². The van der Waals surface area contributed by atoms with Crippen LogP contribution in [0.4, 0.5) is 5.69 Å². The fraction of sp³-hybridized carbons (Fsp3) is 0.0952. The summed E-state index contributed by atoms with van der Waals surface area (Å²) >= 11 is 0. The van der Waals surface area contributed by atoms with E-state index in [0.29, 0.717) is 5.69 Å². The van der Waals surface area contributed by atoms with Gasteiger partial charge in [0.1, 0.15) is 11.8 Å². The minimum Gasteiger partial charge on any atom is -0.378 e. The van der Waals surface area contributed by atoms with Crippen LogP contribution in [-0.2, 0) is 0 Å². The second kappa shape index (κ2) is 6.69. The highest BCUT2D eigenvalue weighted by atomic mass is 15.3. The fourth-order valence-corrected chi connectivity index (χ4v) is 3.01. The van der Waals surface area contributed by atoms with Crippen LogP contribution in [0.5, 0.6) is 0 Å². The molecule has 0 spiro atoms. The van der Waals surface area contributed by atoms with E-state index in [-0.39, 0.29) is 6.04 Å². The van der Waals surface area contributed by atoms with E-state index < -0.39 is 0 Å². The predicted molar refractivity (Wildman–Crippen MR) is 102 cm³/mol. The van der Waals surface area contributed by atoms with Crippen LogP contribution in [0.3, 0.4) is 0 Å². The smallest absolute Gasteiger partial charge is 0.143 e. The van der Waals surface area contributed by atoms with Gasteiger partial charge in [-0.15, -0.1) is 0 Å². The molecular weight excluding hydrogens is 322 g/mol. The van der Waals surface area contributed by atoms with Crippen molar-refractivity contribution < 1.29 is 0 Å². The summed E-state index contributed by atoms with van der Waals surface area (Å²) in [4.78, 5) is 4.36. The summed E-state index contributed by atoms with van der Waals surface area (Å²) in [5.41, 5.74) is 4.31. The Hall–Kier alpha value is -3.65. The molecule has 126 valence electrons. The van der Waals surface area contributed by atoms with Crippen LogP contribution in [-0.4, -0.2) is 14.8 Å². The van der Waals surface area contributed by atoms with Gasteiger partial charge in [0, 0.05) is 29.5 Å². The number of nitrogens with zero attached hydrogens (tertiary/aromatic N) is 4. The Morgan fingerprint density at radius 3 is 2.62 bits per heavy atom. The molecule has 0 bridgehead atoms. The average Bonchev–Trinajstić information content (AvgIpc) is 3.22. The molecule has 0 amide bonds. The third-order valence-corrected chi connectivity index (χ3v) is 4.36. The number of hydrogen-bond acceptors (Lipinski definition) is 4. The average molecular weight is 339 g/mol. The van der Waals surface area contributed by atoms with E-state index in [4.69, 9.17) is 0 Å². The molecule has 2 heterocycles. The van der Waals surface area contributed by atoms with Crippen molar-refractivity contribution in [3.63, 3.8) is 0 Å². The molecule has 4 aromatic rings. The molecule has 5 heteroatoms. The minimum atomic E-state index is 0.0824. The number of benzene rings is 2. The monoisotopic (exact) mass is 339 g/mol. The molecule has 26 heavy (non-hydrogen) atoms. The first-order valence-corrected chi connectivity index (χ1v) is 8.41. The van der Waals surface area contributed by atoms with Crippen molar-refractivity contribution in [2.75, 3.05) is 5.32 Å². The van der Waals surface area contributed by atoms with Gasteiger partial charge in [0.05, 0.1) is 11.2 Å². The molecule has 0 radical (unpaired) electrons. The third kappa shape index (κ3) is 3.01. The molecule has 1 N–H and O–H groups in total. The van der Waals surface area contributed by atoms with Crippen LogP contribution >= 0.6 is 0 Å². The summed E-state index contributed by atoms with van der Waals surface area (Å²) in [6, 6.07) is 22.0. The normalized spacial score (nSPS) is 11.8. The maximum Gasteiger partial charge on any atom is 0.143 e. The van der Waals surface area contributed by atoms with Crippen LogP contribution in [0.1, 0.15) is 24.2 Å². The maximum absolute atomic E-state index is 9.25. The second-order valence-electron chi connectivity index (χ2n) is 6.09. The standard InChI is InChI=1S/C21H17N5/c1-15(16-7-9-18(10-8-16)26-12-4-11-23-26)24-21-13-17(14-22)25-20-6-3-2-5-19(20)21/h2-13,15H,1H3,(H,24,25). The number of anilines is 1. The summed E-state index contributed by atoms with van der Waals surface area (Å²) in [6.45, 7) is 2.10.